The van der Waals surface area contributed by atoms with Crippen LogP contribution in [0.2, 0.25) is 10.0 Å². The van der Waals surface area contributed by atoms with Gasteiger partial charge in [-0.25, -0.2) is 9.97 Å². The van der Waals surface area contributed by atoms with Gasteiger partial charge in [0.15, 0.2) is 5.82 Å². The minimum Gasteiger partial charge on any atom is -0.496 e. The van der Waals surface area contributed by atoms with E-state index in [1.165, 1.54) is 31.5 Å². The molecule has 2 amide bonds. The van der Waals surface area contributed by atoms with Crippen molar-refractivity contribution >= 4 is 46.5 Å². The van der Waals surface area contributed by atoms with E-state index in [0.29, 0.717) is 26.9 Å². The first kappa shape index (κ1) is 24.2. The molecule has 0 aliphatic heterocycles. The van der Waals surface area contributed by atoms with Crippen LogP contribution < -0.4 is 15.0 Å². The van der Waals surface area contributed by atoms with Crippen molar-refractivity contribution in [3.05, 3.63) is 81.9 Å². The summed E-state index contributed by atoms with van der Waals surface area (Å²) in [7, 11) is 2.93. The molecule has 0 bridgehead atoms. The number of anilines is 1. The number of halogens is 2. The predicted molar refractivity (Wildman–Crippen MR) is 125 cm³/mol. The number of nitrogens with one attached hydrogen (secondary N) is 1. The number of hydrogen-bond acceptors (Lipinski definition) is 6. The normalized spacial score (nSPS) is 10.4. The highest BCUT2D eigenvalue weighted by atomic mass is 35.5. The SMILES string of the molecule is CNC(=O)c1ccc(N(Cc2ccc(Cl)c(Cl)c2)C(=O)CC(=O)c2ncccn2)cc1OC. The zero-order chi connectivity index (χ0) is 24.0. The van der Waals surface area contributed by atoms with E-state index in [1.807, 2.05) is 0 Å². The molecule has 170 valence electrons. The summed E-state index contributed by atoms with van der Waals surface area (Å²) in [5.74, 6) is -1.12. The minimum atomic E-state index is -0.520. The molecule has 10 heteroatoms. The summed E-state index contributed by atoms with van der Waals surface area (Å²) in [5.41, 5.74) is 1.42. The van der Waals surface area contributed by atoms with Crippen molar-refractivity contribution in [3.63, 3.8) is 0 Å². The molecule has 0 aliphatic carbocycles. The van der Waals surface area contributed by atoms with Gasteiger partial charge in [-0.2, -0.15) is 0 Å². The van der Waals surface area contributed by atoms with Gasteiger partial charge in [-0.1, -0.05) is 29.3 Å². The van der Waals surface area contributed by atoms with E-state index in [0.717, 1.165) is 0 Å². The van der Waals surface area contributed by atoms with E-state index in [2.05, 4.69) is 15.3 Å². The van der Waals surface area contributed by atoms with Gasteiger partial charge in [0.2, 0.25) is 11.7 Å². The Morgan fingerprint density at radius 2 is 1.76 bits per heavy atom. The molecule has 3 aromatic rings. The van der Waals surface area contributed by atoms with E-state index in [4.69, 9.17) is 27.9 Å². The first-order chi connectivity index (χ1) is 15.8. The van der Waals surface area contributed by atoms with Crippen molar-refractivity contribution in [2.75, 3.05) is 19.1 Å². The van der Waals surface area contributed by atoms with E-state index in [1.54, 1.807) is 42.5 Å². The van der Waals surface area contributed by atoms with Gasteiger partial charge in [0.05, 0.1) is 35.7 Å². The molecule has 0 atom stereocenters. The number of carbonyl (C=O) groups is 3. The summed E-state index contributed by atoms with van der Waals surface area (Å²) in [5, 5.41) is 3.25. The molecule has 0 radical (unpaired) electrons. The Morgan fingerprint density at radius 3 is 2.39 bits per heavy atom. The summed E-state index contributed by atoms with van der Waals surface area (Å²) in [6.45, 7) is 0.0983. The maximum absolute atomic E-state index is 13.2. The van der Waals surface area contributed by atoms with Gasteiger partial charge in [0.1, 0.15) is 5.75 Å². The molecule has 8 nitrogen and oxygen atoms in total. The highest BCUT2D eigenvalue weighted by molar-refractivity contribution is 6.42. The molecule has 0 fully saturated rings. The highest BCUT2D eigenvalue weighted by Crippen LogP contribution is 2.29. The average Bonchev–Trinajstić information content (AvgIpc) is 2.84. The largest absolute Gasteiger partial charge is 0.496 e. The molecule has 0 unspecified atom stereocenters. The molecular weight excluding hydrogens is 467 g/mol. The van der Waals surface area contributed by atoms with Crippen LogP contribution in [0.4, 0.5) is 5.69 Å². The summed E-state index contributed by atoms with van der Waals surface area (Å²) in [4.78, 5) is 47.1. The molecule has 0 saturated carbocycles. The third-order valence-electron chi connectivity index (χ3n) is 4.72. The Morgan fingerprint density at radius 1 is 1.03 bits per heavy atom. The molecule has 1 N–H and O–H groups in total. The van der Waals surface area contributed by atoms with Gasteiger partial charge in [0.25, 0.3) is 5.91 Å². The second-order valence-corrected chi connectivity index (χ2v) is 7.68. The Bertz CT molecular complexity index is 1190. The second-order valence-electron chi connectivity index (χ2n) is 6.86. The Labute approximate surface area is 200 Å². The van der Waals surface area contributed by atoms with Crippen LogP contribution >= 0.6 is 23.2 Å². The number of rotatable bonds is 8. The number of aromatic nitrogens is 2. The minimum absolute atomic E-state index is 0.0483. The van der Waals surface area contributed by atoms with Crippen LogP contribution in [-0.4, -0.2) is 41.7 Å². The lowest BCUT2D eigenvalue weighted by atomic mass is 10.1. The molecule has 33 heavy (non-hydrogen) atoms. The Balaban J connectivity index is 1.97. The van der Waals surface area contributed by atoms with E-state index < -0.39 is 18.1 Å². The number of carbonyl (C=O) groups excluding carboxylic acids is 3. The molecular formula is C23H20Cl2N4O4. The average molecular weight is 487 g/mol. The molecule has 3 rings (SSSR count). The second kappa shape index (κ2) is 10.9. The van der Waals surface area contributed by atoms with Crippen molar-refractivity contribution in [2.45, 2.75) is 13.0 Å². The maximum atomic E-state index is 13.2. The zero-order valence-corrected chi connectivity index (χ0v) is 19.4. The molecule has 0 saturated heterocycles. The number of methoxy groups -OCH3 is 1. The zero-order valence-electron chi connectivity index (χ0n) is 17.8. The van der Waals surface area contributed by atoms with Crippen LogP contribution in [0.1, 0.15) is 33.0 Å². The third-order valence-corrected chi connectivity index (χ3v) is 5.46. The molecule has 0 spiro atoms. The number of hydrogen-bond donors (Lipinski definition) is 1. The highest BCUT2D eigenvalue weighted by Gasteiger charge is 2.23. The summed E-state index contributed by atoms with van der Waals surface area (Å²) in [6.07, 6.45) is 2.41. The lowest BCUT2D eigenvalue weighted by Crippen LogP contribution is -2.32. The van der Waals surface area contributed by atoms with Gasteiger partial charge >= 0.3 is 0 Å². The van der Waals surface area contributed by atoms with Gasteiger partial charge in [-0.15, -0.1) is 0 Å². The fraction of sp³-hybridized carbons (Fsp3) is 0.174. The first-order valence-electron chi connectivity index (χ1n) is 9.78. The van der Waals surface area contributed by atoms with Crippen LogP contribution in [-0.2, 0) is 11.3 Å². The van der Waals surface area contributed by atoms with Crippen molar-refractivity contribution in [1.29, 1.82) is 0 Å². The molecule has 2 aromatic carbocycles. The smallest absolute Gasteiger partial charge is 0.254 e. The summed E-state index contributed by atoms with van der Waals surface area (Å²) < 4.78 is 5.35. The molecule has 0 aliphatic rings. The lowest BCUT2D eigenvalue weighted by Gasteiger charge is -2.24. The third kappa shape index (κ3) is 5.85. The van der Waals surface area contributed by atoms with Crippen molar-refractivity contribution < 1.29 is 19.1 Å². The van der Waals surface area contributed by atoms with E-state index in [9.17, 15) is 14.4 Å². The number of nitrogens with zero attached hydrogens (tertiary/aromatic N) is 3. The number of ether oxygens (including phenoxy) is 1. The Kier molecular flexibility index (Phi) is 7.97. The number of Topliss-reactive ketones (excluding diaryl/α,β-unsaturated/α-hetero) is 1. The predicted octanol–water partition coefficient (Wildman–Crippen LogP) is 3.96. The number of ketones is 1. The van der Waals surface area contributed by atoms with Crippen LogP contribution in [0, 0.1) is 0 Å². The summed E-state index contributed by atoms with van der Waals surface area (Å²) >= 11 is 12.1. The van der Waals surface area contributed by atoms with Crippen LogP contribution in [0.3, 0.4) is 0 Å². The maximum Gasteiger partial charge on any atom is 0.254 e. The van der Waals surface area contributed by atoms with Crippen molar-refractivity contribution in [3.8, 4) is 5.75 Å². The quantitative estimate of drug-likeness (QED) is 0.381. The molecule has 1 aromatic heterocycles. The fourth-order valence-electron chi connectivity index (χ4n) is 3.07. The lowest BCUT2D eigenvalue weighted by molar-refractivity contribution is -0.117. The number of amides is 2. The van der Waals surface area contributed by atoms with Crippen LogP contribution in [0.15, 0.2) is 54.9 Å². The standard InChI is InChI=1S/C23H20Cl2N4O4/c1-26-23(32)16-6-5-15(11-20(16)33-2)29(13-14-4-7-17(24)18(25)10-14)21(31)12-19(30)22-27-8-3-9-28-22/h3-11H,12-13H2,1-2H3,(H,26,32). The van der Waals surface area contributed by atoms with E-state index >= 15 is 0 Å². The van der Waals surface area contributed by atoms with Gasteiger partial charge in [-0.3, -0.25) is 14.4 Å². The topological polar surface area (TPSA) is 101 Å². The van der Waals surface area contributed by atoms with Gasteiger partial charge in [-0.05, 0) is 35.9 Å². The van der Waals surface area contributed by atoms with Crippen molar-refractivity contribution in [1.82, 2.24) is 15.3 Å². The van der Waals surface area contributed by atoms with Crippen LogP contribution in [0.25, 0.3) is 0 Å². The van der Waals surface area contributed by atoms with Crippen molar-refractivity contribution in [2.24, 2.45) is 0 Å². The van der Waals surface area contributed by atoms with Crippen LogP contribution in [0.5, 0.6) is 5.75 Å². The summed E-state index contributed by atoms with van der Waals surface area (Å²) in [6, 6.07) is 11.3. The molecule has 1 heterocycles. The van der Waals surface area contributed by atoms with E-state index in [-0.39, 0.29) is 24.0 Å². The fourth-order valence-corrected chi connectivity index (χ4v) is 3.39. The first-order valence-corrected chi connectivity index (χ1v) is 10.5. The Hall–Kier alpha value is -3.49. The monoisotopic (exact) mass is 486 g/mol. The van der Waals surface area contributed by atoms with Gasteiger partial charge < -0.3 is 15.0 Å². The number of benzene rings is 2. The van der Waals surface area contributed by atoms with Gasteiger partial charge in [0, 0.05) is 31.2 Å².